The molecule has 2 unspecified atom stereocenters. The number of quaternary nitrogens is 1. The number of hydrogen-bond donors (Lipinski definition) is 1. The van der Waals surface area contributed by atoms with E-state index >= 15 is 0 Å². The molecular formula is C12H29F6N2O5PSi. The van der Waals surface area contributed by atoms with E-state index < -0.39 is 22.7 Å². The Labute approximate surface area is 156 Å². The molecule has 0 saturated carbocycles. The second kappa shape index (κ2) is 8.78. The molecule has 2 atom stereocenters. The van der Waals surface area contributed by atoms with Gasteiger partial charge in [0, 0.05) is 28.3 Å². The topological polar surface area (TPSA) is 66.0 Å². The average molecular weight is 454 g/mol. The number of alkyl carbamates (subject to hydrolysis) is 1. The number of nitrogens with zero attached hydrogens (tertiary/aromatic N) is 1. The molecule has 0 aliphatic heterocycles. The summed E-state index contributed by atoms with van der Waals surface area (Å²) in [6.07, 6.45) is -0.146. The molecule has 0 aromatic rings. The van der Waals surface area contributed by atoms with Gasteiger partial charge in [-0.1, -0.05) is 6.92 Å². The van der Waals surface area contributed by atoms with Crippen molar-refractivity contribution in [2.24, 2.45) is 0 Å². The van der Waals surface area contributed by atoms with Gasteiger partial charge in [-0.3, -0.25) is 4.48 Å². The van der Waals surface area contributed by atoms with Crippen molar-refractivity contribution < 1.29 is 52.5 Å². The van der Waals surface area contributed by atoms with E-state index in [0.717, 1.165) is 0 Å². The summed E-state index contributed by atoms with van der Waals surface area (Å²) in [7, 11) is -3.17. The van der Waals surface area contributed by atoms with Gasteiger partial charge >= 0.3 is 47.9 Å². The second-order valence-electron chi connectivity index (χ2n) is 6.40. The van der Waals surface area contributed by atoms with Crippen LogP contribution in [0, 0.1) is 0 Å². The third-order valence-electron chi connectivity index (χ3n) is 3.35. The van der Waals surface area contributed by atoms with Crippen LogP contribution in [0.2, 0.25) is 0 Å². The van der Waals surface area contributed by atoms with Crippen LogP contribution in [0.5, 0.6) is 0 Å². The summed E-state index contributed by atoms with van der Waals surface area (Å²) >= 11 is 0. The molecule has 0 heterocycles. The van der Waals surface area contributed by atoms with Crippen LogP contribution in [0.4, 0.5) is 30.0 Å². The van der Waals surface area contributed by atoms with Crippen LogP contribution in [0.1, 0.15) is 20.3 Å². The quantitative estimate of drug-likeness (QED) is 0.194. The number of rotatable bonds is 8. The van der Waals surface area contributed by atoms with Gasteiger partial charge in [-0.2, -0.15) is 0 Å². The van der Waals surface area contributed by atoms with Crippen molar-refractivity contribution in [3.05, 3.63) is 0 Å². The molecule has 0 bridgehead atoms. The van der Waals surface area contributed by atoms with E-state index in [1.54, 1.807) is 0 Å². The number of carbonyl (C=O) groups is 1. The Morgan fingerprint density at radius 2 is 1.33 bits per heavy atom. The van der Waals surface area contributed by atoms with E-state index in [1.807, 2.05) is 35.0 Å². The van der Waals surface area contributed by atoms with Gasteiger partial charge in [-0.05, 0) is 6.42 Å². The molecular weight excluding hydrogens is 425 g/mol. The number of hydrogen-bond acceptors (Lipinski definition) is 5. The molecule has 0 rings (SSSR count). The third kappa shape index (κ3) is 15.0. The van der Waals surface area contributed by atoms with Crippen molar-refractivity contribution in [3.63, 3.8) is 0 Å². The van der Waals surface area contributed by atoms with Crippen LogP contribution in [0.25, 0.3) is 0 Å². The maximum atomic E-state index is 12.0. The molecule has 0 spiro atoms. The average Bonchev–Trinajstić information content (AvgIpc) is 2.43. The Hall–Kier alpha value is -0.663. The Morgan fingerprint density at radius 3 is 1.56 bits per heavy atom. The van der Waals surface area contributed by atoms with Crippen molar-refractivity contribution >= 4 is 22.7 Å². The van der Waals surface area contributed by atoms with Crippen molar-refractivity contribution in [2.45, 2.75) is 32.2 Å². The molecule has 168 valence electrons. The molecule has 0 aliphatic rings. The van der Waals surface area contributed by atoms with E-state index in [0.29, 0.717) is 10.9 Å². The molecule has 0 saturated heterocycles. The fourth-order valence-corrected chi connectivity index (χ4v) is 3.75. The minimum absolute atomic E-state index is 0.267. The van der Waals surface area contributed by atoms with Gasteiger partial charge in [0.05, 0.1) is 21.1 Å². The summed E-state index contributed by atoms with van der Waals surface area (Å²) in [6.45, 7) is 3.77. The summed E-state index contributed by atoms with van der Waals surface area (Å²) in [6, 6.07) is 0. The third-order valence-corrected chi connectivity index (χ3v) is 6.46. The Balaban J connectivity index is 0. The minimum atomic E-state index is -10.7. The van der Waals surface area contributed by atoms with E-state index in [1.165, 1.54) is 21.3 Å². The van der Waals surface area contributed by atoms with Gasteiger partial charge in [0.1, 0.15) is 5.67 Å². The monoisotopic (exact) mass is 454 g/mol. The Bertz CT molecular complexity index is 464. The van der Waals surface area contributed by atoms with Crippen molar-refractivity contribution in [1.29, 1.82) is 0 Å². The number of nitrogens with one attached hydrogen (secondary N) is 1. The zero-order chi connectivity index (χ0) is 22.4. The summed E-state index contributed by atoms with van der Waals surface area (Å²) < 4.78 is 81.2. The molecule has 0 aromatic heterocycles. The zero-order valence-corrected chi connectivity index (χ0v) is 18.5. The molecule has 1 N–H and O–H groups in total. The summed E-state index contributed by atoms with van der Waals surface area (Å²) in [5.74, 6) is 0. The predicted molar refractivity (Wildman–Crippen MR) is 91.5 cm³/mol. The van der Waals surface area contributed by atoms with E-state index in [2.05, 4.69) is 5.32 Å². The fraction of sp³-hybridized carbons (Fsp3) is 0.917. The Morgan fingerprint density at radius 1 is 1.00 bits per heavy atom. The van der Waals surface area contributed by atoms with E-state index in [9.17, 15) is 30.0 Å². The molecule has 0 fully saturated rings. The summed E-state index contributed by atoms with van der Waals surface area (Å²) in [5, 5.41) is 2.78. The first-order valence-electron chi connectivity index (χ1n) is 7.62. The first-order chi connectivity index (χ1) is 11.6. The predicted octanol–water partition coefficient (Wildman–Crippen LogP) is 4.34. The van der Waals surface area contributed by atoms with Crippen molar-refractivity contribution in [2.75, 3.05) is 42.5 Å². The molecule has 7 nitrogen and oxygen atoms in total. The van der Waals surface area contributed by atoms with E-state index in [-0.39, 0.29) is 11.9 Å². The first kappa shape index (κ1) is 28.5. The standard InChI is InChI=1S/C12H28N2O5Si.F6P/c1-9-11(20(16-6,17-7)18-8)13-12(15)19-10(2)14(3,4)5;1-7(2,3,4,5)6/h10-11H,9H2,1-8H3;/q;-1/p+1. The number of halogens is 6. The summed E-state index contributed by atoms with van der Waals surface area (Å²) in [4.78, 5) is 12.0. The van der Waals surface area contributed by atoms with Crippen LogP contribution >= 0.6 is 7.81 Å². The molecule has 1 amide bonds. The molecule has 0 radical (unpaired) electrons. The number of ether oxygens (including phenoxy) is 1. The van der Waals surface area contributed by atoms with Gasteiger partial charge in [0.15, 0.2) is 0 Å². The summed E-state index contributed by atoms with van der Waals surface area (Å²) in [5.41, 5.74) is -0.352. The van der Waals surface area contributed by atoms with Crippen LogP contribution in [0.3, 0.4) is 0 Å². The van der Waals surface area contributed by atoms with Crippen LogP contribution in [-0.4, -0.2) is 73.7 Å². The van der Waals surface area contributed by atoms with Gasteiger partial charge in [0.25, 0.3) is 0 Å². The van der Waals surface area contributed by atoms with Gasteiger partial charge in [0.2, 0.25) is 6.23 Å². The molecule has 27 heavy (non-hydrogen) atoms. The van der Waals surface area contributed by atoms with Gasteiger partial charge in [-0.25, -0.2) is 4.79 Å². The first-order valence-corrected chi connectivity index (χ1v) is 11.4. The number of amides is 1. The van der Waals surface area contributed by atoms with Gasteiger partial charge < -0.3 is 23.3 Å². The molecule has 15 heteroatoms. The maximum absolute atomic E-state index is 12.0. The molecule has 0 aliphatic carbocycles. The van der Waals surface area contributed by atoms with Crippen LogP contribution in [0.15, 0.2) is 0 Å². The zero-order valence-electron chi connectivity index (χ0n) is 16.6. The second-order valence-corrected chi connectivity index (χ2v) is 11.4. The van der Waals surface area contributed by atoms with Crippen LogP contribution in [-0.2, 0) is 18.0 Å². The normalized spacial score (nSPS) is 17.6. The van der Waals surface area contributed by atoms with Crippen molar-refractivity contribution in [1.82, 2.24) is 5.32 Å². The fourth-order valence-electron chi connectivity index (χ4n) is 1.61. The van der Waals surface area contributed by atoms with Crippen LogP contribution < -0.4 is 5.32 Å². The SMILES string of the molecule is CCC(NC(=O)OC(C)[N+](C)(C)C)[Si](OC)(OC)OC.F[P-](F)(F)(F)(F)F. The molecule has 0 aromatic carbocycles. The Kier molecular flexibility index (Phi) is 9.29. The van der Waals surface area contributed by atoms with Gasteiger partial charge in [-0.15, -0.1) is 0 Å². The number of carbonyl (C=O) groups excluding carboxylic acids is 1. The van der Waals surface area contributed by atoms with Crippen molar-refractivity contribution in [3.8, 4) is 0 Å². The van der Waals surface area contributed by atoms with E-state index in [4.69, 9.17) is 18.0 Å².